The van der Waals surface area contributed by atoms with Crippen molar-refractivity contribution in [1.82, 2.24) is 9.97 Å². The molecule has 1 aliphatic rings. The van der Waals surface area contributed by atoms with Gasteiger partial charge in [0.05, 0.1) is 12.1 Å². The van der Waals surface area contributed by atoms with Crippen molar-refractivity contribution in [2.75, 3.05) is 5.32 Å². The third-order valence-electron chi connectivity index (χ3n) is 3.46. The Morgan fingerprint density at radius 1 is 1.40 bits per heavy atom. The van der Waals surface area contributed by atoms with Gasteiger partial charge >= 0.3 is 0 Å². The van der Waals surface area contributed by atoms with Gasteiger partial charge in [-0.15, -0.1) is 11.3 Å². The normalized spacial score (nSPS) is 13.8. The predicted molar refractivity (Wildman–Crippen MR) is 86.2 cm³/mol. The highest BCUT2D eigenvalue weighted by Gasteiger charge is 2.16. The molecular formula is C14H16N4S2. The van der Waals surface area contributed by atoms with E-state index in [1.54, 1.807) is 17.5 Å². The van der Waals surface area contributed by atoms with Crippen LogP contribution in [0.5, 0.6) is 0 Å². The molecule has 4 nitrogen and oxygen atoms in total. The van der Waals surface area contributed by atoms with E-state index < -0.39 is 0 Å². The number of thiazole rings is 1. The molecule has 6 heteroatoms. The Kier molecular flexibility index (Phi) is 3.93. The lowest BCUT2D eigenvalue weighted by Gasteiger charge is -2.18. The molecule has 2 aromatic heterocycles. The van der Waals surface area contributed by atoms with Crippen molar-refractivity contribution in [3.8, 4) is 0 Å². The summed E-state index contributed by atoms with van der Waals surface area (Å²) in [6.45, 7) is 0.652. The summed E-state index contributed by atoms with van der Waals surface area (Å²) < 4.78 is 0. The molecule has 0 amide bonds. The fourth-order valence-corrected chi connectivity index (χ4v) is 3.17. The molecular weight excluding hydrogens is 288 g/mol. The van der Waals surface area contributed by atoms with Crippen molar-refractivity contribution in [3.05, 3.63) is 39.5 Å². The van der Waals surface area contributed by atoms with Gasteiger partial charge in [0.2, 0.25) is 0 Å². The van der Waals surface area contributed by atoms with Crippen molar-refractivity contribution in [1.29, 1.82) is 0 Å². The maximum absolute atomic E-state index is 5.84. The van der Waals surface area contributed by atoms with E-state index in [0.717, 1.165) is 29.2 Å². The number of hydrogen-bond acceptors (Lipinski definition) is 5. The number of pyridine rings is 1. The van der Waals surface area contributed by atoms with E-state index >= 15 is 0 Å². The first-order valence-electron chi connectivity index (χ1n) is 6.69. The SMILES string of the molecule is NC(=S)c1cc2c(nc1NCc1nccs1)CCCC2. The quantitative estimate of drug-likeness (QED) is 0.850. The van der Waals surface area contributed by atoms with Gasteiger partial charge in [-0.1, -0.05) is 12.2 Å². The lowest BCUT2D eigenvalue weighted by molar-refractivity contribution is 0.668. The van der Waals surface area contributed by atoms with Crippen molar-refractivity contribution in [2.24, 2.45) is 5.73 Å². The van der Waals surface area contributed by atoms with Gasteiger partial charge in [0.15, 0.2) is 0 Å². The molecule has 0 aromatic carbocycles. The van der Waals surface area contributed by atoms with Crippen LogP contribution >= 0.6 is 23.6 Å². The second-order valence-electron chi connectivity index (χ2n) is 4.84. The molecule has 1 aliphatic carbocycles. The van der Waals surface area contributed by atoms with Gasteiger partial charge in [0.1, 0.15) is 15.8 Å². The fraction of sp³-hybridized carbons (Fsp3) is 0.357. The zero-order valence-corrected chi connectivity index (χ0v) is 12.7. The minimum absolute atomic E-state index is 0.396. The first-order chi connectivity index (χ1) is 9.74. The van der Waals surface area contributed by atoms with Crippen LogP contribution in [-0.4, -0.2) is 15.0 Å². The van der Waals surface area contributed by atoms with Gasteiger partial charge in [0, 0.05) is 17.3 Å². The van der Waals surface area contributed by atoms with E-state index in [4.69, 9.17) is 22.9 Å². The molecule has 0 saturated carbocycles. The molecule has 0 unspecified atom stereocenters. The molecule has 2 aromatic rings. The van der Waals surface area contributed by atoms with Gasteiger partial charge in [-0.05, 0) is 37.3 Å². The molecule has 3 N–H and O–H groups in total. The molecule has 0 saturated heterocycles. The summed E-state index contributed by atoms with van der Waals surface area (Å²) >= 11 is 6.77. The third-order valence-corrected chi connectivity index (χ3v) is 4.46. The molecule has 0 aliphatic heterocycles. The van der Waals surface area contributed by atoms with Gasteiger partial charge < -0.3 is 11.1 Å². The van der Waals surface area contributed by atoms with Crippen LogP contribution in [0, 0.1) is 0 Å². The molecule has 3 rings (SSSR count). The number of thiocarbonyl (C=S) groups is 1. The van der Waals surface area contributed by atoms with Crippen molar-refractivity contribution in [2.45, 2.75) is 32.2 Å². The molecule has 0 spiro atoms. The van der Waals surface area contributed by atoms with E-state index in [1.165, 1.54) is 24.1 Å². The van der Waals surface area contributed by atoms with Crippen molar-refractivity contribution < 1.29 is 0 Å². The lowest BCUT2D eigenvalue weighted by Crippen LogP contribution is -2.18. The van der Waals surface area contributed by atoms with Crippen LogP contribution in [0.1, 0.15) is 34.7 Å². The highest BCUT2D eigenvalue weighted by molar-refractivity contribution is 7.80. The number of rotatable bonds is 4. The zero-order valence-electron chi connectivity index (χ0n) is 11.1. The largest absolute Gasteiger partial charge is 0.389 e. The lowest BCUT2D eigenvalue weighted by atomic mass is 9.94. The van der Waals surface area contributed by atoms with Crippen LogP contribution in [0.3, 0.4) is 0 Å². The highest BCUT2D eigenvalue weighted by Crippen LogP contribution is 2.25. The van der Waals surface area contributed by atoms with Crippen LogP contribution in [-0.2, 0) is 19.4 Å². The van der Waals surface area contributed by atoms with Crippen LogP contribution < -0.4 is 11.1 Å². The molecule has 20 heavy (non-hydrogen) atoms. The summed E-state index contributed by atoms with van der Waals surface area (Å²) in [6.07, 6.45) is 6.34. The topological polar surface area (TPSA) is 63.8 Å². The molecule has 104 valence electrons. The standard InChI is InChI=1S/C14H16N4S2/c15-13(19)10-7-9-3-1-2-4-11(9)18-14(10)17-8-12-16-5-6-20-12/h5-7H,1-4,8H2,(H2,15,19)(H,17,18). The summed E-state index contributed by atoms with van der Waals surface area (Å²) in [5.41, 5.74) is 9.15. The van der Waals surface area contributed by atoms with Gasteiger partial charge in [-0.25, -0.2) is 9.97 Å². The maximum atomic E-state index is 5.84. The Hall–Kier alpha value is -1.53. The Balaban J connectivity index is 1.89. The van der Waals surface area contributed by atoms with Crippen LogP contribution in [0.2, 0.25) is 0 Å². The number of nitrogens with one attached hydrogen (secondary N) is 1. The summed E-state index contributed by atoms with van der Waals surface area (Å²) in [4.78, 5) is 9.39. The summed E-state index contributed by atoms with van der Waals surface area (Å²) in [5.74, 6) is 0.786. The summed E-state index contributed by atoms with van der Waals surface area (Å²) in [6, 6.07) is 2.11. The number of nitrogens with zero attached hydrogens (tertiary/aromatic N) is 2. The average molecular weight is 304 g/mol. The first-order valence-corrected chi connectivity index (χ1v) is 7.97. The fourth-order valence-electron chi connectivity index (χ4n) is 2.46. The predicted octanol–water partition coefficient (Wildman–Crippen LogP) is 2.66. The third kappa shape index (κ3) is 2.81. The Morgan fingerprint density at radius 3 is 3.00 bits per heavy atom. The van der Waals surface area contributed by atoms with Crippen molar-refractivity contribution >= 4 is 34.4 Å². The van der Waals surface area contributed by atoms with E-state index in [9.17, 15) is 0 Å². The molecule has 0 atom stereocenters. The number of aromatic nitrogens is 2. The number of nitrogens with two attached hydrogens (primary N) is 1. The van der Waals surface area contributed by atoms with Gasteiger partial charge in [0.25, 0.3) is 0 Å². The monoisotopic (exact) mass is 304 g/mol. The van der Waals surface area contributed by atoms with E-state index in [2.05, 4.69) is 16.4 Å². The van der Waals surface area contributed by atoms with E-state index in [1.807, 2.05) is 5.38 Å². The highest BCUT2D eigenvalue weighted by atomic mass is 32.1. The van der Waals surface area contributed by atoms with Gasteiger partial charge in [-0.2, -0.15) is 0 Å². The summed E-state index contributed by atoms with van der Waals surface area (Å²) in [5, 5.41) is 6.31. The minimum Gasteiger partial charge on any atom is -0.389 e. The van der Waals surface area contributed by atoms with E-state index in [0.29, 0.717) is 11.5 Å². The number of aryl methyl sites for hydroxylation is 2. The van der Waals surface area contributed by atoms with Crippen LogP contribution in [0.4, 0.5) is 5.82 Å². The first kappa shape index (κ1) is 13.5. The Labute approximate surface area is 127 Å². The number of anilines is 1. The minimum atomic E-state index is 0.396. The van der Waals surface area contributed by atoms with Gasteiger partial charge in [-0.3, -0.25) is 0 Å². The number of hydrogen-bond donors (Lipinski definition) is 2. The second-order valence-corrected chi connectivity index (χ2v) is 6.26. The second kappa shape index (κ2) is 5.85. The smallest absolute Gasteiger partial charge is 0.136 e. The zero-order chi connectivity index (χ0) is 13.9. The van der Waals surface area contributed by atoms with E-state index in [-0.39, 0.29) is 0 Å². The van der Waals surface area contributed by atoms with Crippen LogP contribution in [0.15, 0.2) is 17.6 Å². The molecule has 0 fully saturated rings. The van der Waals surface area contributed by atoms with Crippen LogP contribution in [0.25, 0.3) is 0 Å². The summed E-state index contributed by atoms with van der Waals surface area (Å²) in [7, 11) is 0. The molecule has 0 bridgehead atoms. The average Bonchev–Trinajstić information content (AvgIpc) is 2.97. The molecule has 0 radical (unpaired) electrons. The van der Waals surface area contributed by atoms with Crippen molar-refractivity contribution in [3.63, 3.8) is 0 Å². The number of fused-ring (bicyclic) bond motifs is 1. The molecule has 2 heterocycles. The Bertz CT molecular complexity index is 622. The maximum Gasteiger partial charge on any atom is 0.136 e. The Morgan fingerprint density at radius 2 is 2.25 bits per heavy atom.